The first-order valence-corrected chi connectivity index (χ1v) is 10.2. The second kappa shape index (κ2) is 10.9. The Hall–Kier alpha value is -2.72. The summed E-state index contributed by atoms with van der Waals surface area (Å²) in [5, 5.41) is 11.2. The molecule has 1 N–H and O–H groups in total. The molecular weight excluding hydrogens is 372 g/mol. The van der Waals surface area contributed by atoms with E-state index in [1.54, 1.807) is 7.11 Å². The van der Waals surface area contributed by atoms with Gasteiger partial charge in [0.1, 0.15) is 6.79 Å². The van der Waals surface area contributed by atoms with E-state index < -0.39 is 5.60 Å². The highest BCUT2D eigenvalue weighted by atomic mass is 16.7. The zero-order valence-corrected chi connectivity index (χ0v) is 17.7. The highest BCUT2D eigenvalue weighted by Gasteiger charge is 2.27. The maximum Gasteiger partial charge on any atom is 0.146 e. The van der Waals surface area contributed by atoms with Gasteiger partial charge in [0.25, 0.3) is 0 Å². The Labute approximate surface area is 179 Å². The molecule has 0 spiro atoms. The largest absolute Gasteiger partial charge is 0.385 e. The Balaban J connectivity index is 1.76. The molecule has 3 rings (SSSR count). The summed E-state index contributed by atoms with van der Waals surface area (Å²) >= 11 is 0. The summed E-state index contributed by atoms with van der Waals surface area (Å²) in [6, 6.07) is 28.5. The molecule has 0 heterocycles. The van der Waals surface area contributed by atoms with Gasteiger partial charge in [0.2, 0.25) is 0 Å². The third-order valence-corrected chi connectivity index (χ3v) is 5.21. The molecule has 0 radical (unpaired) electrons. The second-order valence-corrected chi connectivity index (χ2v) is 7.72. The van der Waals surface area contributed by atoms with Crippen LogP contribution in [-0.2, 0) is 21.7 Å². The summed E-state index contributed by atoms with van der Waals surface area (Å²) < 4.78 is 10.3. The Morgan fingerprint density at radius 1 is 0.900 bits per heavy atom. The van der Waals surface area contributed by atoms with E-state index in [4.69, 9.17) is 9.47 Å². The predicted octanol–water partition coefficient (Wildman–Crippen LogP) is 5.90. The highest BCUT2D eigenvalue weighted by Crippen LogP contribution is 2.34. The van der Waals surface area contributed by atoms with Gasteiger partial charge in [-0.1, -0.05) is 97.1 Å². The van der Waals surface area contributed by atoms with Crippen molar-refractivity contribution in [3.63, 3.8) is 0 Å². The molecule has 0 fully saturated rings. The fourth-order valence-corrected chi connectivity index (χ4v) is 3.54. The maximum atomic E-state index is 11.2. The number of ether oxygens (including phenoxy) is 2. The molecule has 2 atom stereocenters. The summed E-state index contributed by atoms with van der Waals surface area (Å²) in [7, 11) is 1.62. The first-order valence-electron chi connectivity index (χ1n) is 10.2. The van der Waals surface area contributed by atoms with Gasteiger partial charge >= 0.3 is 0 Å². The van der Waals surface area contributed by atoms with Crippen LogP contribution in [-0.4, -0.2) is 19.0 Å². The molecule has 0 unspecified atom stereocenters. The van der Waals surface area contributed by atoms with Crippen molar-refractivity contribution in [3.8, 4) is 0 Å². The first-order chi connectivity index (χ1) is 14.6. The molecule has 0 aliphatic heterocycles. The number of rotatable bonds is 10. The quantitative estimate of drug-likeness (QED) is 0.339. The number of hydrogen-bond donors (Lipinski definition) is 1. The van der Waals surface area contributed by atoms with Crippen LogP contribution in [0.2, 0.25) is 0 Å². The van der Waals surface area contributed by atoms with Crippen molar-refractivity contribution in [2.45, 2.75) is 31.5 Å². The van der Waals surface area contributed by atoms with Gasteiger partial charge in [-0.2, -0.15) is 0 Å². The van der Waals surface area contributed by atoms with Crippen molar-refractivity contribution in [2.24, 2.45) is 0 Å². The molecule has 0 amide bonds. The Morgan fingerprint density at radius 3 is 2.17 bits per heavy atom. The summed E-state index contributed by atoms with van der Waals surface area (Å²) in [5.41, 5.74) is 3.42. The Morgan fingerprint density at radius 2 is 1.53 bits per heavy atom. The van der Waals surface area contributed by atoms with E-state index >= 15 is 0 Å². The fraction of sp³-hybridized carbons (Fsp3) is 0.259. The molecule has 0 aromatic heterocycles. The van der Waals surface area contributed by atoms with Crippen LogP contribution in [0.25, 0.3) is 6.08 Å². The number of aliphatic hydroxyl groups is 1. The number of methoxy groups -OCH3 is 1. The maximum absolute atomic E-state index is 11.2. The van der Waals surface area contributed by atoms with Crippen molar-refractivity contribution >= 4 is 6.08 Å². The third kappa shape index (κ3) is 6.39. The Kier molecular flexibility index (Phi) is 7.97. The van der Waals surface area contributed by atoms with Crippen molar-refractivity contribution in [3.05, 3.63) is 113 Å². The third-order valence-electron chi connectivity index (χ3n) is 5.21. The summed E-state index contributed by atoms with van der Waals surface area (Å²) in [4.78, 5) is 0. The van der Waals surface area contributed by atoms with Crippen molar-refractivity contribution < 1.29 is 14.6 Å². The first kappa shape index (κ1) is 22.0. The Bertz CT molecular complexity index is 900. The lowest BCUT2D eigenvalue weighted by Crippen LogP contribution is -2.23. The normalized spacial score (nSPS) is 14.5. The van der Waals surface area contributed by atoms with Crippen molar-refractivity contribution in [2.75, 3.05) is 13.9 Å². The molecule has 30 heavy (non-hydrogen) atoms. The summed E-state index contributed by atoms with van der Waals surface area (Å²) in [5.74, 6) is 0.0890. The van der Waals surface area contributed by atoms with E-state index in [2.05, 4.69) is 48.6 Å². The van der Waals surface area contributed by atoms with E-state index in [1.165, 1.54) is 5.56 Å². The fourth-order valence-electron chi connectivity index (χ4n) is 3.54. The van der Waals surface area contributed by atoms with E-state index in [9.17, 15) is 5.11 Å². The molecule has 0 bridgehead atoms. The van der Waals surface area contributed by atoms with Gasteiger partial charge in [0.05, 0.1) is 12.2 Å². The molecule has 3 heteroatoms. The van der Waals surface area contributed by atoms with E-state index in [-0.39, 0.29) is 5.92 Å². The predicted molar refractivity (Wildman–Crippen MR) is 122 cm³/mol. The van der Waals surface area contributed by atoms with Crippen LogP contribution in [0.1, 0.15) is 41.5 Å². The van der Waals surface area contributed by atoms with E-state index in [0.29, 0.717) is 19.8 Å². The van der Waals surface area contributed by atoms with Gasteiger partial charge in [-0.05, 0) is 35.6 Å². The monoisotopic (exact) mass is 402 g/mol. The number of benzene rings is 3. The molecule has 0 saturated carbocycles. The zero-order chi connectivity index (χ0) is 21.2. The summed E-state index contributed by atoms with van der Waals surface area (Å²) in [6.07, 6.45) is 4.90. The van der Waals surface area contributed by atoms with Crippen molar-refractivity contribution in [1.29, 1.82) is 0 Å². The van der Waals surface area contributed by atoms with Crippen molar-refractivity contribution in [1.82, 2.24) is 0 Å². The van der Waals surface area contributed by atoms with Crippen LogP contribution in [0.3, 0.4) is 0 Å². The van der Waals surface area contributed by atoms with Crippen LogP contribution < -0.4 is 0 Å². The van der Waals surface area contributed by atoms with Gasteiger partial charge in [-0.3, -0.25) is 0 Å². The summed E-state index contributed by atoms with van der Waals surface area (Å²) in [6.45, 7) is 2.72. The van der Waals surface area contributed by atoms with Gasteiger partial charge in [-0.25, -0.2) is 0 Å². The van der Waals surface area contributed by atoms with Crippen LogP contribution in [0.4, 0.5) is 0 Å². The highest BCUT2D eigenvalue weighted by molar-refractivity contribution is 5.51. The molecule has 0 aliphatic carbocycles. The van der Waals surface area contributed by atoms with Gasteiger partial charge in [-0.15, -0.1) is 0 Å². The van der Waals surface area contributed by atoms with Gasteiger partial charge < -0.3 is 14.6 Å². The zero-order valence-electron chi connectivity index (χ0n) is 17.7. The van der Waals surface area contributed by atoms with Gasteiger partial charge in [0, 0.05) is 13.0 Å². The second-order valence-electron chi connectivity index (χ2n) is 7.72. The standard InChI is InChI=1S/C27H30O3/c1-27(28,26-11-7-4-8-12-26)19-25(24-9-5-3-6-10-24)18-17-22-13-15-23(16-14-22)20-30-21-29-2/h3-18,25,28H,19-21H2,1-2H3/b18-17+/t25-,27-/m0/s1. The average molecular weight is 403 g/mol. The van der Waals surface area contributed by atoms with E-state index in [1.807, 2.05) is 55.5 Å². The molecule has 0 saturated heterocycles. The SMILES string of the molecule is COCOCc1ccc(/C=C/[C@@H](C[C@](C)(O)c2ccccc2)c2ccccc2)cc1. The topological polar surface area (TPSA) is 38.7 Å². The molecule has 3 nitrogen and oxygen atoms in total. The lowest BCUT2D eigenvalue weighted by molar-refractivity contribution is -0.0390. The van der Waals surface area contributed by atoms with Crippen LogP contribution in [0, 0.1) is 0 Å². The lowest BCUT2D eigenvalue weighted by atomic mass is 9.82. The molecule has 3 aromatic rings. The lowest BCUT2D eigenvalue weighted by Gasteiger charge is -2.28. The minimum absolute atomic E-state index is 0.0890. The number of hydrogen-bond acceptors (Lipinski definition) is 3. The minimum atomic E-state index is -0.922. The van der Waals surface area contributed by atoms with Crippen LogP contribution >= 0.6 is 0 Å². The van der Waals surface area contributed by atoms with Crippen LogP contribution in [0.15, 0.2) is 91.0 Å². The smallest absolute Gasteiger partial charge is 0.146 e. The molecular formula is C27H30O3. The van der Waals surface area contributed by atoms with E-state index in [0.717, 1.165) is 16.7 Å². The minimum Gasteiger partial charge on any atom is -0.385 e. The molecule has 3 aromatic carbocycles. The number of allylic oxidation sites excluding steroid dienone is 1. The van der Waals surface area contributed by atoms with Crippen LogP contribution in [0.5, 0.6) is 0 Å². The molecule has 0 aliphatic rings. The molecule has 156 valence electrons. The average Bonchev–Trinajstić information content (AvgIpc) is 2.79. The van der Waals surface area contributed by atoms with Gasteiger partial charge in [0.15, 0.2) is 0 Å².